The van der Waals surface area contributed by atoms with E-state index in [0.717, 1.165) is 62.6 Å². The molecule has 4 heteroatoms. The lowest BCUT2D eigenvalue weighted by atomic mass is 9.80. The summed E-state index contributed by atoms with van der Waals surface area (Å²) in [6.45, 7) is 19.7. The summed E-state index contributed by atoms with van der Waals surface area (Å²) >= 11 is 0. The van der Waals surface area contributed by atoms with Gasteiger partial charge in [0.05, 0.1) is 27.8 Å². The molecule has 0 aliphatic rings. The molecule has 344 valence electrons. The number of hydrogen-bond donors (Lipinski definition) is 1. The molecule has 2 heterocycles. The van der Waals surface area contributed by atoms with Crippen molar-refractivity contribution in [2.75, 3.05) is 0 Å². The second-order valence-electron chi connectivity index (χ2n) is 21.1. The quantitative estimate of drug-likeness (QED) is 0.157. The third-order valence-corrected chi connectivity index (χ3v) is 12.8. The van der Waals surface area contributed by atoms with E-state index in [0.29, 0.717) is 28.2 Å². The lowest BCUT2D eigenvalue weighted by Gasteiger charge is -2.25. The fourth-order valence-electron chi connectivity index (χ4n) is 8.90. The minimum atomic E-state index is -3.19. The standard InChI is InChI=1S/C63H71N3O/c1-38(2)43-34-53(40(5)6)59(67)54(35-43)60-65-58-49(20-18-22-57(58)66(60)48-27-28-50(52(37-48)39(3)4)51-19-16-17-21-55(51)63(13,14)15)44-31-45(33-47(32-44)62(10,11)12)56-36-42(29-30-64-56)41-23-25-46(26-24-41)61(7,8)9/h16-40,67H,1-15H3/i7D3,8D3,23D,24D,25D,26D,39D. The zero-order valence-electron chi connectivity index (χ0n) is 52.3. The van der Waals surface area contributed by atoms with Gasteiger partial charge in [0.25, 0.3) is 0 Å². The van der Waals surface area contributed by atoms with Crippen LogP contribution in [0.4, 0.5) is 0 Å². The predicted octanol–water partition coefficient (Wildman–Crippen LogP) is 17.7. The number of rotatable bonds is 9. The van der Waals surface area contributed by atoms with Gasteiger partial charge in [0.2, 0.25) is 0 Å². The van der Waals surface area contributed by atoms with E-state index in [4.69, 9.17) is 23.7 Å². The molecule has 67 heavy (non-hydrogen) atoms. The highest BCUT2D eigenvalue weighted by atomic mass is 16.3. The third-order valence-electron chi connectivity index (χ3n) is 12.8. The highest BCUT2D eigenvalue weighted by Gasteiger charge is 2.27. The number of imidazole rings is 1. The van der Waals surface area contributed by atoms with Crippen LogP contribution < -0.4 is 0 Å². The molecular weight excluding hydrogens is 815 g/mol. The maximum Gasteiger partial charge on any atom is 0.149 e. The summed E-state index contributed by atoms with van der Waals surface area (Å²) in [5, 5.41) is 12.4. The average molecular weight is 897 g/mol. The van der Waals surface area contributed by atoms with E-state index in [9.17, 15) is 6.48 Å². The zero-order valence-corrected chi connectivity index (χ0v) is 41.3. The van der Waals surface area contributed by atoms with Gasteiger partial charge in [-0.05, 0) is 144 Å². The maximum atomic E-state index is 12.4. The summed E-state index contributed by atoms with van der Waals surface area (Å²) in [5.41, 5.74) is 8.53. The Labute approximate surface area is 416 Å². The molecule has 0 fully saturated rings. The molecule has 0 amide bonds. The average Bonchev–Trinajstić information content (AvgIpc) is 3.76. The minimum absolute atomic E-state index is 0.000808. The first-order valence-corrected chi connectivity index (χ1v) is 23.4. The lowest BCUT2D eigenvalue weighted by molar-refractivity contribution is 0.466. The van der Waals surface area contributed by atoms with Gasteiger partial charge in [-0.1, -0.05) is 182 Å². The van der Waals surface area contributed by atoms with E-state index in [-0.39, 0.29) is 39.5 Å². The molecular formula is C63H71N3O. The SMILES string of the molecule is [2H]c1c([2H])c(C(C)(C([2H])([2H])[2H])C([2H])([2H])[2H])c([2H])c([2H])c1-c1ccnc(-c2cc(-c3cccc4c3nc(-c3cc(C(C)C)cc(C(C)C)c3O)n4-c3ccc(-c4ccccc4C(C)(C)C)c(C([2H])(C)C)c3)cc(C(C)(C)C)c2)c1. The van der Waals surface area contributed by atoms with Crippen LogP contribution in [0.3, 0.4) is 0 Å². The molecule has 6 aromatic carbocycles. The van der Waals surface area contributed by atoms with Crippen LogP contribution in [-0.2, 0) is 16.2 Å². The van der Waals surface area contributed by atoms with Gasteiger partial charge in [0.15, 0.2) is 0 Å². The predicted molar refractivity (Wildman–Crippen MR) is 286 cm³/mol. The minimum Gasteiger partial charge on any atom is -0.507 e. The number of pyridine rings is 1. The number of hydrogen-bond acceptors (Lipinski definition) is 3. The molecule has 0 saturated carbocycles. The second kappa shape index (κ2) is 17.8. The Kier molecular flexibility index (Phi) is 9.27. The van der Waals surface area contributed by atoms with Crippen molar-refractivity contribution in [1.82, 2.24) is 14.5 Å². The van der Waals surface area contributed by atoms with Crippen LogP contribution in [0.1, 0.15) is 170 Å². The molecule has 8 rings (SSSR count). The summed E-state index contributed by atoms with van der Waals surface area (Å²) < 4.78 is 97.3. The molecule has 0 saturated heterocycles. The van der Waals surface area contributed by atoms with Crippen molar-refractivity contribution in [3.05, 3.63) is 167 Å². The number of benzene rings is 6. The molecule has 0 aliphatic heterocycles. The normalized spacial score (nSPS) is 15.5. The number of phenols is 1. The third kappa shape index (κ3) is 9.38. The van der Waals surface area contributed by atoms with Crippen molar-refractivity contribution >= 4 is 11.0 Å². The van der Waals surface area contributed by atoms with E-state index < -0.39 is 54.7 Å². The summed E-state index contributed by atoms with van der Waals surface area (Å²) in [4.78, 5) is 10.3. The van der Waals surface area contributed by atoms with E-state index in [1.54, 1.807) is 12.1 Å². The number of phenolic OH excluding ortho intramolecular Hbond substituents is 1. The number of aromatic hydroxyl groups is 1. The molecule has 0 radical (unpaired) electrons. The Bertz CT molecular complexity index is 3600. The van der Waals surface area contributed by atoms with Gasteiger partial charge in [-0.3, -0.25) is 9.55 Å². The largest absolute Gasteiger partial charge is 0.507 e. The molecule has 0 aliphatic carbocycles. The Morgan fingerprint density at radius 2 is 1.28 bits per heavy atom. The van der Waals surface area contributed by atoms with E-state index in [2.05, 4.69) is 122 Å². The van der Waals surface area contributed by atoms with Crippen molar-refractivity contribution in [2.45, 2.75) is 138 Å². The van der Waals surface area contributed by atoms with Crippen LogP contribution in [0.2, 0.25) is 0 Å². The first-order chi connectivity index (χ1) is 36.0. The zero-order chi connectivity index (χ0) is 57.7. The molecule has 0 unspecified atom stereocenters. The topological polar surface area (TPSA) is 50.9 Å². The maximum absolute atomic E-state index is 12.4. The summed E-state index contributed by atoms with van der Waals surface area (Å²) in [5.74, 6) is -0.214. The Hall–Kier alpha value is -6.26. The van der Waals surface area contributed by atoms with Crippen LogP contribution in [0.15, 0.2) is 133 Å². The van der Waals surface area contributed by atoms with Gasteiger partial charge in [0, 0.05) is 32.6 Å². The first-order valence-electron chi connectivity index (χ1n) is 28.9. The molecule has 2 aromatic heterocycles. The lowest BCUT2D eigenvalue weighted by Crippen LogP contribution is -2.13. The first kappa shape index (κ1) is 35.0. The molecule has 0 bridgehead atoms. The van der Waals surface area contributed by atoms with Gasteiger partial charge in [-0.25, -0.2) is 4.98 Å². The Morgan fingerprint density at radius 3 is 1.94 bits per heavy atom. The van der Waals surface area contributed by atoms with Crippen molar-refractivity contribution in [3.63, 3.8) is 0 Å². The van der Waals surface area contributed by atoms with Crippen LogP contribution in [0.25, 0.3) is 72.7 Å². The van der Waals surface area contributed by atoms with Crippen molar-refractivity contribution in [1.29, 1.82) is 0 Å². The fourth-order valence-corrected chi connectivity index (χ4v) is 8.90. The van der Waals surface area contributed by atoms with Gasteiger partial charge < -0.3 is 5.11 Å². The molecule has 0 spiro atoms. The number of nitrogens with zero attached hydrogens (tertiary/aromatic N) is 3. The van der Waals surface area contributed by atoms with Gasteiger partial charge >= 0.3 is 0 Å². The van der Waals surface area contributed by atoms with E-state index in [1.165, 1.54) is 11.8 Å². The highest BCUT2D eigenvalue weighted by molar-refractivity contribution is 5.97. The van der Waals surface area contributed by atoms with E-state index >= 15 is 0 Å². The van der Waals surface area contributed by atoms with Crippen molar-refractivity contribution in [3.8, 4) is 67.5 Å². The second-order valence-corrected chi connectivity index (χ2v) is 21.1. The monoisotopic (exact) mass is 897 g/mol. The van der Waals surface area contributed by atoms with Crippen LogP contribution in [0.5, 0.6) is 5.75 Å². The molecule has 0 atom stereocenters. The van der Waals surface area contributed by atoms with Crippen molar-refractivity contribution in [2.24, 2.45) is 0 Å². The smallest absolute Gasteiger partial charge is 0.149 e. The Balaban J connectivity index is 1.40. The fraction of sp³-hybridized carbons (Fsp3) is 0.333. The van der Waals surface area contributed by atoms with E-state index in [1.807, 2.05) is 56.3 Å². The molecule has 4 nitrogen and oxygen atoms in total. The molecule has 8 aromatic rings. The van der Waals surface area contributed by atoms with Crippen molar-refractivity contribution < 1.29 is 20.2 Å². The summed E-state index contributed by atoms with van der Waals surface area (Å²) in [7, 11) is 0. The summed E-state index contributed by atoms with van der Waals surface area (Å²) in [6.07, 6.45) is 1.51. The number of para-hydroxylation sites is 1. The van der Waals surface area contributed by atoms with Crippen LogP contribution >= 0.6 is 0 Å². The van der Waals surface area contributed by atoms with Crippen LogP contribution in [0, 0.1) is 0 Å². The number of fused-ring (bicyclic) bond motifs is 1. The van der Waals surface area contributed by atoms with Crippen LogP contribution in [-0.4, -0.2) is 19.6 Å². The summed E-state index contributed by atoms with van der Waals surface area (Å²) in [6, 6.07) is 31.6. The van der Waals surface area contributed by atoms with Gasteiger partial charge in [0.1, 0.15) is 11.6 Å². The highest BCUT2D eigenvalue weighted by Crippen LogP contribution is 2.45. The van der Waals surface area contributed by atoms with Gasteiger partial charge in [-0.15, -0.1) is 0 Å². The number of aromatic nitrogens is 3. The van der Waals surface area contributed by atoms with Gasteiger partial charge in [-0.2, -0.15) is 0 Å². The molecule has 1 N–H and O–H groups in total. The Morgan fingerprint density at radius 1 is 0.582 bits per heavy atom.